The van der Waals surface area contributed by atoms with E-state index >= 15 is 0 Å². The highest BCUT2D eigenvalue weighted by Crippen LogP contribution is 2.21. The van der Waals surface area contributed by atoms with Gasteiger partial charge >= 0.3 is 0 Å². The number of methoxy groups -OCH3 is 1. The molecule has 28 heavy (non-hydrogen) atoms. The molecule has 3 aromatic rings. The molecule has 0 radical (unpaired) electrons. The van der Waals surface area contributed by atoms with Gasteiger partial charge in [0, 0.05) is 23.4 Å². The van der Waals surface area contributed by atoms with Crippen LogP contribution in [-0.4, -0.2) is 22.8 Å². The lowest BCUT2D eigenvalue weighted by Gasteiger charge is -2.10. The Morgan fingerprint density at radius 2 is 1.89 bits per heavy atom. The van der Waals surface area contributed by atoms with Crippen molar-refractivity contribution < 1.29 is 13.9 Å². The number of hydrogen-bond donors (Lipinski definition) is 1. The third kappa shape index (κ3) is 4.25. The lowest BCUT2D eigenvalue weighted by Crippen LogP contribution is -2.29. The highest BCUT2D eigenvalue weighted by molar-refractivity contribution is 5.90. The number of benzene rings is 2. The summed E-state index contributed by atoms with van der Waals surface area (Å²) in [5, 5.41) is 6.84. The summed E-state index contributed by atoms with van der Waals surface area (Å²) in [6, 6.07) is 13.0. The Morgan fingerprint density at radius 3 is 2.57 bits per heavy atom. The fraction of sp³-hybridized carbons (Fsp3) is 0.190. The van der Waals surface area contributed by atoms with Gasteiger partial charge in [0.25, 0.3) is 5.56 Å². The number of aryl methyl sites for hydroxylation is 2. The number of carbonyl (C=O) groups is 1. The van der Waals surface area contributed by atoms with Crippen LogP contribution >= 0.6 is 0 Å². The maximum atomic E-state index is 13.7. The number of carbonyl (C=O) groups excluding carboxylic acids is 1. The van der Waals surface area contributed by atoms with Gasteiger partial charge in [-0.3, -0.25) is 9.59 Å². The minimum atomic E-state index is -0.590. The summed E-state index contributed by atoms with van der Waals surface area (Å²) in [5.41, 5.74) is 3.57. The summed E-state index contributed by atoms with van der Waals surface area (Å²) in [5.74, 6) is -0.999. The second kappa shape index (κ2) is 8.04. The van der Waals surface area contributed by atoms with Crippen LogP contribution in [0.2, 0.25) is 0 Å². The van der Waals surface area contributed by atoms with Crippen molar-refractivity contribution in [3.05, 3.63) is 75.8 Å². The largest absolute Gasteiger partial charge is 0.494 e. The zero-order valence-electron chi connectivity index (χ0n) is 15.8. The summed E-state index contributed by atoms with van der Waals surface area (Å²) in [4.78, 5) is 24.4. The minimum Gasteiger partial charge on any atom is -0.494 e. The van der Waals surface area contributed by atoms with Crippen molar-refractivity contribution in [3.8, 4) is 17.0 Å². The van der Waals surface area contributed by atoms with Gasteiger partial charge in [-0.05, 0) is 49.2 Å². The second-order valence-corrected chi connectivity index (χ2v) is 6.41. The molecule has 0 unspecified atom stereocenters. The van der Waals surface area contributed by atoms with Gasteiger partial charge in [0.15, 0.2) is 11.6 Å². The molecule has 0 fully saturated rings. The Bertz CT molecular complexity index is 1090. The SMILES string of the molecule is COc1ccc(NC(=O)Cn2nc(-c3ccc(C)c(C)c3)ccc2=O)cc1F. The molecule has 0 aliphatic rings. The molecule has 0 atom stereocenters. The second-order valence-electron chi connectivity index (χ2n) is 6.41. The van der Waals surface area contributed by atoms with Crippen molar-refractivity contribution in [2.24, 2.45) is 0 Å². The zero-order valence-corrected chi connectivity index (χ0v) is 15.8. The number of nitrogens with zero attached hydrogens (tertiary/aromatic N) is 2. The number of halogens is 1. The first kappa shape index (κ1) is 19.3. The fourth-order valence-corrected chi connectivity index (χ4v) is 2.70. The van der Waals surface area contributed by atoms with Crippen LogP contribution in [0.4, 0.5) is 10.1 Å². The normalized spacial score (nSPS) is 10.6. The van der Waals surface area contributed by atoms with Crippen LogP contribution in [0.5, 0.6) is 5.75 Å². The van der Waals surface area contributed by atoms with E-state index in [0.29, 0.717) is 5.69 Å². The quantitative estimate of drug-likeness (QED) is 0.736. The summed E-state index contributed by atoms with van der Waals surface area (Å²) < 4.78 is 19.7. The Labute approximate surface area is 161 Å². The van der Waals surface area contributed by atoms with E-state index in [2.05, 4.69) is 10.4 Å². The van der Waals surface area contributed by atoms with Crippen molar-refractivity contribution in [2.45, 2.75) is 20.4 Å². The van der Waals surface area contributed by atoms with Gasteiger partial charge in [0.05, 0.1) is 12.8 Å². The third-order valence-corrected chi connectivity index (χ3v) is 4.40. The number of nitrogens with one attached hydrogen (secondary N) is 1. The fourth-order valence-electron chi connectivity index (χ4n) is 2.70. The number of aromatic nitrogens is 2. The van der Waals surface area contributed by atoms with E-state index in [9.17, 15) is 14.0 Å². The number of amides is 1. The number of ether oxygens (including phenoxy) is 1. The van der Waals surface area contributed by atoms with E-state index < -0.39 is 17.3 Å². The molecule has 3 rings (SSSR count). The standard InChI is InChI=1S/C21H20FN3O3/c1-13-4-5-15(10-14(13)2)18-7-9-21(27)25(24-18)12-20(26)23-16-6-8-19(28-3)17(22)11-16/h4-11H,12H2,1-3H3,(H,23,26). The van der Waals surface area contributed by atoms with Crippen LogP contribution in [0, 0.1) is 19.7 Å². The van der Waals surface area contributed by atoms with Crippen molar-refractivity contribution in [1.82, 2.24) is 9.78 Å². The molecule has 0 aliphatic carbocycles. The van der Waals surface area contributed by atoms with Gasteiger partial charge in [-0.1, -0.05) is 12.1 Å². The first-order valence-electron chi connectivity index (χ1n) is 8.66. The average Bonchev–Trinajstić information content (AvgIpc) is 2.66. The van der Waals surface area contributed by atoms with E-state index in [-0.39, 0.29) is 18.0 Å². The molecule has 0 aliphatic heterocycles. The molecule has 0 spiro atoms. The Kier molecular flexibility index (Phi) is 5.54. The number of anilines is 1. The number of hydrogen-bond acceptors (Lipinski definition) is 4. The Morgan fingerprint density at radius 1 is 1.11 bits per heavy atom. The topological polar surface area (TPSA) is 73.2 Å². The summed E-state index contributed by atoms with van der Waals surface area (Å²) in [6.45, 7) is 3.72. The van der Waals surface area contributed by atoms with Crippen molar-refractivity contribution >= 4 is 11.6 Å². The lowest BCUT2D eigenvalue weighted by molar-refractivity contribution is -0.117. The monoisotopic (exact) mass is 381 g/mol. The Hall–Kier alpha value is -3.48. The van der Waals surface area contributed by atoms with E-state index in [1.54, 1.807) is 6.07 Å². The highest BCUT2D eigenvalue weighted by Gasteiger charge is 2.10. The average molecular weight is 381 g/mol. The van der Waals surface area contributed by atoms with Gasteiger partial charge in [-0.15, -0.1) is 0 Å². The summed E-state index contributed by atoms with van der Waals surface area (Å²) in [7, 11) is 1.36. The van der Waals surface area contributed by atoms with Crippen LogP contribution in [0.3, 0.4) is 0 Å². The van der Waals surface area contributed by atoms with Gasteiger partial charge < -0.3 is 10.1 Å². The van der Waals surface area contributed by atoms with E-state index in [0.717, 1.165) is 27.4 Å². The summed E-state index contributed by atoms with van der Waals surface area (Å²) in [6.07, 6.45) is 0. The predicted molar refractivity (Wildman–Crippen MR) is 105 cm³/mol. The van der Waals surface area contributed by atoms with Gasteiger partial charge in [-0.2, -0.15) is 5.10 Å². The van der Waals surface area contributed by atoms with Crippen LogP contribution in [-0.2, 0) is 11.3 Å². The first-order valence-corrected chi connectivity index (χ1v) is 8.66. The molecule has 0 bridgehead atoms. The molecular weight excluding hydrogens is 361 g/mol. The summed E-state index contributed by atoms with van der Waals surface area (Å²) >= 11 is 0. The third-order valence-electron chi connectivity index (χ3n) is 4.40. The molecule has 2 aromatic carbocycles. The smallest absolute Gasteiger partial charge is 0.267 e. The molecule has 1 N–H and O–H groups in total. The maximum Gasteiger partial charge on any atom is 0.267 e. The molecular formula is C21H20FN3O3. The Balaban J connectivity index is 1.80. The highest BCUT2D eigenvalue weighted by atomic mass is 19.1. The minimum absolute atomic E-state index is 0.0805. The molecule has 6 nitrogen and oxygen atoms in total. The molecule has 144 valence electrons. The van der Waals surface area contributed by atoms with Gasteiger partial charge in [0.1, 0.15) is 6.54 Å². The van der Waals surface area contributed by atoms with Crippen LogP contribution in [0.25, 0.3) is 11.3 Å². The predicted octanol–water partition coefficient (Wildman–Crippen LogP) is 3.31. The molecule has 1 aromatic heterocycles. The molecule has 1 heterocycles. The lowest BCUT2D eigenvalue weighted by atomic mass is 10.0. The van der Waals surface area contributed by atoms with E-state index in [4.69, 9.17) is 4.74 Å². The van der Waals surface area contributed by atoms with Crippen molar-refractivity contribution in [3.63, 3.8) is 0 Å². The van der Waals surface area contributed by atoms with Crippen molar-refractivity contribution in [2.75, 3.05) is 12.4 Å². The molecule has 0 saturated heterocycles. The van der Waals surface area contributed by atoms with Gasteiger partial charge in [-0.25, -0.2) is 9.07 Å². The van der Waals surface area contributed by atoms with Crippen LogP contribution < -0.4 is 15.6 Å². The zero-order chi connectivity index (χ0) is 20.3. The maximum absolute atomic E-state index is 13.7. The first-order chi connectivity index (χ1) is 13.4. The molecule has 1 amide bonds. The van der Waals surface area contributed by atoms with Crippen LogP contribution in [0.15, 0.2) is 53.3 Å². The molecule has 7 heteroatoms. The van der Waals surface area contributed by atoms with Crippen molar-refractivity contribution in [1.29, 1.82) is 0 Å². The van der Waals surface area contributed by atoms with E-state index in [1.807, 2.05) is 32.0 Å². The van der Waals surface area contributed by atoms with Gasteiger partial charge in [0.2, 0.25) is 5.91 Å². The number of rotatable bonds is 5. The molecule has 0 saturated carbocycles. The van der Waals surface area contributed by atoms with Crippen LogP contribution in [0.1, 0.15) is 11.1 Å². The van der Waals surface area contributed by atoms with E-state index in [1.165, 1.54) is 25.3 Å².